The Morgan fingerprint density at radius 2 is 1.92 bits per heavy atom. The van der Waals surface area contributed by atoms with E-state index in [9.17, 15) is 13.2 Å². The average molecular weight is 407 g/mol. The second-order valence-electron chi connectivity index (χ2n) is 6.13. The van der Waals surface area contributed by atoms with E-state index in [0.717, 1.165) is 0 Å². The molecule has 1 aromatic rings. The molecule has 0 aromatic heterocycles. The lowest BCUT2D eigenvalue weighted by Gasteiger charge is -2.26. The summed E-state index contributed by atoms with van der Waals surface area (Å²) in [6.45, 7) is 3.54. The number of amides is 1. The van der Waals surface area contributed by atoms with E-state index in [0.29, 0.717) is 20.9 Å². The highest BCUT2D eigenvalue weighted by atomic mass is 35.5. The molecule has 9 heteroatoms. The molecule has 5 nitrogen and oxygen atoms in total. The van der Waals surface area contributed by atoms with Gasteiger partial charge in [-0.1, -0.05) is 54.9 Å². The van der Waals surface area contributed by atoms with Gasteiger partial charge < -0.3 is 4.90 Å². The fourth-order valence-electron chi connectivity index (χ4n) is 2.77. The molecule has 2 heterocycles. The summed E-state index contributed by atoms with van der Waals surface area (Å²) >= 11 is 13.9. The van der Waals surface area contributed by atoms with Gasteiger partial charge in [-0.2, -0.15) is 4.99 Å². The molecule has 2 aliphatic rings. The maximum absolute atomic E-state index is 12.1. The Morgan fingerprint density at radius 3 is 2.50 bits per heavy atom. The maximum atomic E-state index is 12.1. The number of fused-ring (bicyclic) bond motifs is 1. The van der Waals surface area contributed by atoms with Crippen molar-refractivity contribution in [3.63, 3.8) is 0 Å². The number of benzene rings is 1. The number of para-hydroxylation sites is 1. The second-order valence-corrected chi connectivity index (χ2v) is 10.3. The van der Waals surface area contributed by atoms with Crippen molar-refractivity contribution in [1.82, 2.24) is 0 Å². The van der Waals surface area contributed by atoms with Crippen LogP contribution < -0.4 is 4.90 Å². The zero-order valence-electron chi connectivity index (χ0n) is 13.1. The van der Waals surface area contributed by atoms with Crippen LogP contribution in [0, 0.1) is 5.92 Å². The largest absolute Gasteiger partial charge is 0.313 e. The quantitative estimate of drug-likeness (QED) is 0.753. The molecule has 2 fully saturated rings. The monoisotopic (exact) mass is 406 g/mol. The number of aliphatic imine (C=N–C) groups is 1. The van der Waals surface area contributed by atoms with Crippen LogP contribution in [0.25, 0.3) is 0 Å². The summed E-state index contributed by atoms with van der Waals surface area (Å²) in [6.07, 6.45) is 0. The van der Waals surface area contributed by atoms with Gasteiger partial charge in [-0.3, -0.25) is 4.79 Å². The molecule has 0 saturated carbocycles. The average Bonchev–Trinajstić information content (AvgIpc) is 2.91. The zero-order valence-corrected chi connectivity index (χ0v) is 16.2. The molecular weight excluding hydrogens is 391 g/mol. The van der Waals surface area contributed by atoms with Crippen LogP contribution in [-0.4, -0.2) is 42.3 Å². The number of carbonyl (C=O) groups excluding carboxylic acids is 1. The van der Waals surface area contributed by atoms with E-state index < -0.39 is 9.84 Å². The summed E-state index contributed by atoms with van der Waals surface area (Å²) in [5, 5.41) is 1.09. The van der Waals surface area contributed by atoms with Crippen molar-refractivity contribution in [3.8, 4) is 0 Å². The molecule has 2 unspecified atom stereocenters. The normalized spacial score (nSPS) is 27.0. The third-order valence-electron chi connectivity index (χ3n) is 3.94. The van der Waals surface area contributed by atoms with Crippen LogP contribution in [0.4, 0.5) is 5.69 Å². The lowest BCUT2D eigenvalue weighted by atomic mass is 10.2. The molecule has 2 atom stereocenters. The predicted octanol–water partition coefficient (Wildman–Crippen LogP) is 3.25. The molecule has 1 amide bonds. The first kappa shape index (κ1) is 18.0. The van der Waals surface area contributed by atoms with Crippen LogP contribution in [0.5, 0.6) is 0 Å². The van der Waals surface area contributed by atoms with Gasteiger partial charge in [-0.15, -0.1) is 0 Å². The van der Waals surface area contributed by atoms with Gasteiger partial charge in [0.25, 0.3) is 5.91 Å². The SMILES string of the molecule is CC(C)C(=O)N=C1SC2CS(=O)(=O)CC2N1c1c(Cl)cccc1Cl. The molecule has 0 bridgehead atoms. The molecule has 2 saturated heterocycles. The number of sulfone groups is 1. The van der Waals surface area contributed by atoms with E-state index in [1.165, 1.54) is 11.8 Å². The first-order chi connectivity index (χ1) is 11.2. The van der Waals surface area contributed by atoms with E-state index in [2.05, 4.69) is 4.99 Å². The summed E-state index contributed by atoms with van der Waals surface area (Å²) in [5.41, 5.74) is 0.508. The summed E-state index contributed by atoms with van der Waals surface area (Å²) in [4.78, 5) is 18.0. The van der Waals surface area contributed by atoms with Gasteiger partial charge in [0.15, 0.2) is 15.0 Å². The number of carbonyl (C=O) groups is 1. The zero-order chi connectivity index (χ0) is 17.6. The van der Waals surface area contributed by atoms with E-state index in [1.54, 1.807) is 36.9 Å². The number of halogens is 2. The number of rotatable bonds is 2. The standard InChI is InChI=1S/C15H16Cl2N2O3S2/c1-8(2)14(20)18-15-19(13-9(16)4-3-5-10(13)17)11-6-24(21,22)7-12(11)23-15/h3-5,8,11-12H,6-7H2,1-2H3. The summed E-state index contributed by atoms with van der Waals surface area (Å²) < 4.78 is 24.0. The van der Waals surface area contributed by atoms with Crippen molar-refractivity contribution in [2.24, 2.45) is 10.9 Å². The van der Waals surface area contributed by atoms with Crippen LogP contribution in [0.15, 0.2) is 23.2 Å². The molecule has 24 heavy (non-hydrogen) atoms. The lowest BCUT2D eigenvalue weighted by Crippen LogP contribution is -2.38. The predicted molar refractivity (Wildman–Crippen MR) is 100 cm³/mol. The Kier molecular flexibility index (Phi) is 4.90. The highest BCUT2D eigenvalue weighted by Gasteiger charge is 2.50. The summed E-state index contributed by atoms with van der Waals surface area (Å²) in [6, 6.07) is 4.77. The Balaban J connectivity index is 2.10. The van der Waals surface area contributed by atoms with Gasteiger partial charge >= 0.3 is 0 Å². The van der Waals surface area contributed by atoms with Gasteiger partial charge in [0.2, 0.25) is 0 Å². The van der Waals surface area contributed by atoms with Crippen LogP contribution in [0.2, 0.25) is 10.0 Å². The third-order valence-corrected chi connectivity index (χ3v) is 7.76. The van der Waals surface area contributed by atoms with Gasteiger partial charge in [-0.05, 0) is 12.1 Å². The highest BCUT2D eigenvalue weighted by molar-refractivity contribution is 8.16. The van der Waals surface area contributed by atoms with Gasteiger partial charge in [0.05, 0.1) is 33.3 Å². The topological polar surface area (TPSA) is 66.8 Å². The van der Waals surface area contributed by atoms with E-state index in [4.69, 9.17) is 23.2 Å². The van der Waals surface area contributed by atoms with Crippen molar-refractivity contribution in [2.45, 2.75) is 25.1 Å². The second kappa shape index (κ2) is 6.52. The van der Waals surface area contributed by atoms with Crippen molar-refractivity contribution in [1.29, 1.82) is 0 Å². The molecule has 2 aliphatic heterocycles. The minimum Gasteiger partial charge on any atom is -0.313 e. The number of nitrogens with zero attached hydrogens (tertiary/aromatic N) is 2. The summed E-state index contributed by atoms with van der Waals surface area (Å²) in [7, 11) is -3.13. The van der Waals surface area contributed by atoms with Crippen LogP contribution in [0.3, 0.4) is 0 Å². The van der Waals surface area contributed by atoms with Crippen LogP contribution >= 0.6 is 35.0 Å². The maximum Gasteiger partial charge on any atom is 0.250 e. The fraction of sp³-hybridized carbons (Fsp3) is 0.467. The van der Waals surface area contributed by atoms with Crippen molar-refractivity contribution in [2.75, 3.05) is 16.4 Å². The molecule has 130 valence electrons. The molecule has 1 aromatic carbocycles. The lowest BCUT2D eigenvalue weighted by molar-refractivity contribution is -0.120. The van der Waals surface area contributed by atoms with E-state index in [-0.39, 0.29) is 34.6 Å². The van der Waals surface area contributed by atoms with Gasteiger partial charge in [-0.25, -0.2) is 8.42 Å². The minimum absolute atomic E-state index is 0.00110. The smallest absolute Gasteiger partial charge is 0.250 e. The number of anilines is 1. The van der Waals surface area contributed by atoms with E-state index >= 15 is 0 Å². The Labute approximate surface area is 155 Å². The van der Waals surface area contributed by atoms with Crippen molar-refractivity contribution in [3.05, 3.63) is 28.2 Å². The molecule has 0 radical (unpaired) electrons. The van der Waals surface area contributed by atoms with Crippen LogP contribution in [0.1, 0.15) is 13.8 Å². The third kappa shape index (κ3) is 3.31. The Hall–Kier alpha value is -0.760. The van der Waals surface area contributed by atoms with Gasteiger partial charge in [0.1, 0.15) is 0 Å². The summed E-state index contributed by atoms with van der Waals surface area (Å²) in [5.74, 6) is -0.434. The molecule has 3 rings (SSSR count). The highest BCUT2D eigenvalue weighted by Crippen LogP contribution is 2.45. The Bertz CT molecular complexity index is 804. The number of amidine groups is 1. The van der Waals surface area contributed by atoms with Crippen LogP contribution in [-0.2, 0) is 14.6 Å². The van der Waals surface area contributed by atoms with Crippen molar-refractivity contribution < 1.29 is 13.2 Å². The molecular formula is C15H16Cl2N2O3S2. The molecule has 0 aliphatic carbocycles. The molecule has 0 spiro atoms. The minimum atomic E-state index is -3.13. The number of hydrogen-bond acceptors (Lipinski definition) is 4. The number of hydrogen-bond donors (Lipinski definition) is 0. The fourth-order valence-corrected chi connectivity index (χ4v) is 7.25. The first-order valence-corrected chi connectivity index (χ1v) is 10.9. The Morgan fingerprint density at radius 1 is 1.29 bits per heavy atom. The van der Waals surface area contributed by atoms with Crippen molar-refractivity contribution >= 4 is 61.6 Å². The van der Waals surface area contributed by atoms with E-state index in [1.807, 2.05) is 0 Å². The number of thioether (sulfide) groups is 1. The first-order valence-electron chi connectivity index (χ1n) is 7.42. The molecule has 0 N–H and O–H groups in total. The van der Waals surface area contributed by atoms with Gasteiger partial charge in [0, 0.05) is 11.2 Å².